The maximum absolute atomic E-state index is 6.16. The maximum Gasteiger partial charge on any atom is 0.134 e. The second-order valence-corrected chi connectivity index (χ2v) is 5.51. The molecule has 1 heterocycles. The SMILES string of the molecule is CCC(C)N(CCOC)c1nc2ccccc2cc1CCl. The minimum absolute atomic E-state index is 0.399. The Hall–Kier alpha value is -1.32. The van der Waals surface area contributed by atoms with Crippen molar-refractivity contribution in [3.05, 3.63) is 35.9 Å². The second kappa shape index (κ2) is 7.62. The molecule has 0 bridgehead atoms. The predicted octanol–water partition coefficient (Wildman–Crippen LogP) is 4.22. The van der Waals surface area contributed by atoms with Crippen molar-refractivity contribution in [2.45, 2.75) is 32.2 Å². The lowest BCUT2D eigenvalue weighted by Crippen LogP contribution is -2.36. The lowest BCUT2D eigenvalue weighted by Gasteiger charge is -2.31. The normalized spacial score (nSPS) is 12.6. The summed E-state index contributed by atoms with van der Waals surface area (Å²) in [7, 11) is 1.73. The molecule has 0 radical (unpaired) electrons. The zero-order chi connectivity index (χ0) is 15.2. The van der Waals surface area contributed by atoms with Gasteiger partial charge in [0.25, 0.3) is 0 Å². The summed E-state index contributed by atoms with van der Waals surface area (Å²) >= 11 is 6.16. The van der Waals surface area contributed by atoms with Crippen molar-refractivity contribution < 1.29 is 4.74 Å². The molecule has 3 nitrogen and oxygen atoms in total. The highest BCUT2D eigenvalue weighted by molar-refractivity contribution is 6.17. The quantitative estimate of drug-likeness (QED) is 0.716. The van der Waals surface area contributed by atoms with E-state index in [0.717, 1.165) is 35.2 Å². The van der Waals surface area contributed by atoms with Crippen molar-refractivity contribution >= 4 is 28.3 Å². The lowest BCUT2D eigenvalue weighted by molar-refractivity contribution is 0.203. The van der Waals surface area contributed by atoms with Crippen molar-refractivity contribution in [3.63, 3.8) is 0 Å². The van der Waals surface area contributed by atoms with Crippen LogP contribution in [0.3, 0.4) is 0 Å². The van der Waals surface area contributed by atoms with Gasteiger partial charge in [0.05, 0.1) is 18.0 Å². The zero-order valence-electron chi connectivity index (χ0n) is 13.0. The Bertz CT molecular complexity index is 588. The van der Waals surface area contributed by atoms with Crippen LogP contribution < -0.4 is 4.90 Å². The number of benzene rings is 1. The standard InChI is InChI=1S/C17H23ClN2O/c1-4-13(2)20(9-10-21-3)17-15(12-18)11-14-7-5-6-8-16(14)19-17/h5-8,11,13H,4,9-10,12H2,1-3H3. The molecule has 2 rings (SSSR count). The highest BCUT2D eigenvalue weighted by Crippen LogP contribution is 2.27. The van der Waals surface area contributed by atoms with Gasteiger partial charge in [0, 0.05) is 30.6 Å². The van der Waals surface area contributed by atoms with Gasteiger partial charge in [-0.2, -0.15) is 0 Å². The van der Waals surface area contributed by atoms with E-state index in [1.807, 2.05) is 18.2 Å². The van der Waals surface area contributed by atoms with Crippen LogP contribution in [0, 0.1) is 0 Å². The number of alkyl halides is 1. The molecule has 4 heteroatoms. The number of rotatable bonds is 7. The Kier molecular flexibility index (Phi) is 5.83. The van der Waals surface area contributed by atoms with E-state index in [-0.39, 0.29) is 0 Å². The number of anilines is 1. The van der Waals surface area contributed by atoms with E-state index in [0.29, 0.717) is 18.5 Å². The average molecular weight is 307 g/mol. The number of halogens is 1. The number of ether oxygens (including phenoxy) is 1. The van der Waals surface area contributed by atoms with Crippen LogP contribution in [0.25, 0.3) is 10.9 Å². The summed E-state index contributed by atoms with van der Waals surface area (Å²) in [6, 6.07) is 10.7. The van der Waals surface area contributed by atoms with Gasteiger partial charge in [0.2, 0.25) is 0 Å². The number of fused-ring (bicyclic) bond motifs is 1. The van der Waals surface area contributed by atoms with Crippen molar-refractivity contribution in [1.82, 2.24) is 4.98 Å². The Morgan fingerprint density at radius 1 is 1.33 bits per heavy atom. The summed E-state index contributed by atoms with van der Waals surface area (Å²) in [6.45, 7) is 5.90. The largest absolute Gasteiger partial charge is 0.383 e. The van der Waals surface area contributed by atoms with E-state index in [1.165, 1.54) is 0 Å². The van der Waals surface area contributed by atoms with Gasteiger partial charge < -0.3 is 9.64 Å². The molecule has 0 fully saturated rings. The molecule has 1 aromatic carbocycles. The van der Waals surface area contributed by atoms with E-state index in [9.17, 15) is 0 Å². The van der Waals surface area contributed by atoms with Crippen LogP contribution in [0.1, 0.15) is 25.8 Å². The summed E-state index contributed by atoms with van der Waals surface area (Å²) in [5.41, 5.74) is 2.08. The summed E-state index contributed by atoms with van der Waals surface area (Å²) in [4.78, 5) is 7.15. The lowest BCUT2D eigenvalue weighted by atomic mass is 10.1. The summed E-state index contributed by atoms with van der Waals surface area (Å²) in [6.07, 6.45) is 1.06. The van der Waals surface area contributed by atoms with Gasteiger partial charge in [0.1, 0.15) is 5.82 Å². The average Bonchev–Trinajstić information content (AvgIpc) is 2.54. The first kappa shape index (κ1) is 16.1. The molecule has 0 spiro atoms. The molecule has 21 heavy (non-hydrogen) atoms. The Balaban J connectivity index is 2.48. The van der Waals surface area contributed by atoms with Crippen LogP contribution in [0.15, 0.2) is 30.3 Å². The molecule has 1 aromatic heterocycles. The summed E-state index contributed by atoms with van der Waals surface area (Å²) in [5, 5.41) is 1.13. The fourth-order valence-corrected chi connectivity index (χ4v) is 2.64. The molecule has 114 valence electrons. The Labute approximate surface area is 131 Å². The van der Waals surface area contributed by atoms with Gasteiger partial charge in [-0.3, -0.25) is 0 Å². The van der Waals surface area contributed by atoms with Gasteiger partial charge in [-0.05, 0) is 25.5 Å². The highest BCUT2D eigenvalue weighted by atomic mass is 35.5. The Morgan fingerprint density at radius 2 is 2.10 bits per heavy atom. The van der Waals surface area contributed by atoms with Crippen LogP contribution in [0.4, 0.5) is 5.82 Å². The molecule has 0 N–H and O–H groups in total. The van der Waals surface area contributed by atoms with E-state index in [1.54, 1.807) is 7.11 Å². The zero-order valence-corrected chi connectivity index (χ0v) is 13.7. The fourth-order valence-electron chi connectivity index (χ4n) is 2.44. The van der Waals surface area contributed by atoms with Crippen LogP contribution in [-0.4, -0.2) is 31.3 Å². The van der Waals surface area contributed by atoms with Crippen LogP contribution >= 0.6 is 11.6 Å². The number of nitrogens with zero attached hydrogens (tertiary/aromatic N) is 2. The van der Waals surface area contributed by atoms with Crippen LogP contribution in [0.5, 0.6) is 0 Å². The van der Waals surface area contributed by atoms with Crippen molar-refractivity contribution in [2.75, 3.05) is 25.2 Å². The van der Waals surface area contributed by atoms with Crippen LogP contribution in [0.2, 0.25) is 0 Å². The second-order valence-electron chi connectivity index (χ2n) is 5.24. The maximum atomic E-state index is 6.16. The molecule has 0 aliphatic carbocycles. The molecule has 2 aromatic rings. The van der Waals surface area contributed by atoms with Gasteiger partial charge >= 0.3 is 0 Å². The van der Waals surface area contributed by atoms with E-state index < -0.39 is 0 Å². The molecule has 0 aliphatic rings. The molecular weight excluding hydrogens is 284 g/mol. The first-order valence-electron chi connectivity index (χ1n) is 7.41. The van der Waals surface area contributed by atoms with Crippen LogP contribution in [-0.2, 0) is 10.6 Å². The molecular formula is C17H23ClN2O. The van der Waals surface area contributed by atoms with E-state index >= 15 is 0 Å². The molecule has 1 atom stereocenters. The topological polar surface area (TPSA) is 25.4 Å². The fraction of sp³-hybridized carbons (Fsp3) is 0.471. The van der Waals surface area contributed by atoms with Gasteiger partial charge in [-0.25, -0.2) is 4.98 Å². The number of para-hydroxylation sites is 1. The van der Waals surface area contributed by atoms with Gasteiger partial charge in [-0.15, -0.1) is 11.6 Å². The third-order valence-electron chi connectivity index (χ3n) is 3.86. The highest BCUT2D eigenvalue weighted by Gasteiger charge is 2.18. The monoisotopic (exact) mass is 306 g/mol. The predicted molar refractivity (Wildman–Crippen MR) is 90.3 cm³/mol. The third-order valence-corrected chi connectivity index (χ3v) is 4.14. The number of pyridine rings is 1. The van der Waals surface area contributed by atoms with Gasteiger partial charge in [0.15, 0.2) is 0 Å². The number of aromatic nitrogens is 1. The Morgan fingerprint density at radius 3 is 2.76 bits per heavy atom. The summed E-state index contributed by atoms with van der Waals surface area (Å²) < 4.78 is 5.25. The van der Waals surface area contributed by atoms with E-state index in [2.05, 4.69) is 30.9 Å². The van der Waals surface area contributed by atoms with E-state index in [4.69, 9.17) is 21.3 Å². The summed E-state index contributed by atoms with van der Waals surface area (Å²) in [5.74, 6) is 1.45. The molecule has 0 saturated heterocycles. The number of hydrogen-bond donors (Lipinski definition) is 0. The molecule has 0 amide bonds. The van der Waals surface area contributed by atoms with Crippen molar-refractivity contribution in [3.8, 4) is 0 Å². The number of hydrogen-bond acceptors (Lipinski definition) is 3. The molecule has 0 aliphatic heterocycles. The van der Waals surface area contributed by atoms with Gasteiger partial charge in [-0.1, -0.05) is 25.1 Å². The van der Waals surface area contributed by atoms with Crippen molar-refractivity contribution in [2.24, 2.45) is 0 Å². The minimum atomic E-state index is 0.399. The molecule has 0 saturated carbocycles. The first-order valence-corrected chi connectivity index (χ1v) is 7.94. The minimum Gasteiger partial charge on any atom is -0.383 e. The van der Waals surface area contributed by atoms with Crippen molar-refractivity contribution in [1.29, 1.82) is 0 Å². The smallest absolute Gasteiger partial charge is 0.134 e. The first-order chi connectivity index (χ1) is 10.2. The number of methoxy groups -OCH3 is 1. The third kappa shape index (κ3) is 3.66. The molecule has 1 unspecified atom stereocenters.